The van der Waals surface area contributed by atoms with Crippen LogP contribution in [0.3, 0.4) is 0 Å². The molecule has 1 unspecified atom stereocenters. The van der Waals surface area contributed by atoms with Gasteiger partial charge in [-0.2, -0.15) is 0 Å². The standard InChI is InChI=1S/C11H15F2NO2/c1-11(12,13)8-5-7(9(14)6-15)3-4-10(8)16-2/h3-5,9,15H,6,14H2,1-2H3. The lowest BCUT2D eigenvalue weighted by Crippen LogP contribution is -2.16. The van der Waals surface area contributed by atoms with E-state index in [9.17, 15) is 8.78 Å². The molecule has 1 aromatic rings. The summed E-state index contributed by atoms with van der Waals surface area (Å²) in [6, 6.07) is 3.60. The topological polar surface area (TPSA) is 55.5 Å². The lowest BCUT2D eigenvalue weighted by molar-refractivity contribution is 0.0149. The number of alkyl halides is 2. The summed E-state index contributed by atoms with van der Waals surface area (Å²) in [5.41, 5.74) is 5.79. The van der Waals surface area contributed by atoms with Gasteiger partial charge in [0.05, 0.1) is 25.3 Å². The molecular formula is C11H15F2NO2. The molecule has 3 N–H and O–H groups in total. The second-order valence-corrected chi connectivity index (χ2v) is 3.64. The van der Waals surface area contributed by atoms with Gasteiger partial charge in [-0.15, -0.1) is 0 Å². The van der Waals surface area contributed by atoms with E-state index in [4.69, 9.17) is 15.6 Å². The summed E-state index contributed by atoms with van der Waals surface area (Å²) >= 11 is 0. The van der Waals surface area contributed by atoms with Gasteiger partial charge < -0.3 is 15.6 Å². The molecule has 90 valence electrons. The highest BCUT2D eigenvalue weighted by Gasteiger charge is 2.29. The molecule has 0 aliphatic heterocycles. The van der Waals surface area contributed by atoms with Crippen LogP contribution < -0.4 is 10.5 Å². The summed E-state index contributed by atoms with van der Waals surface area (Å²) in [6.45, 7) is 0.500. The Morgan fingerprint density at radius 2 is 2.12 bits per heavy atom. The van der Waals surface area contributed by atoms with Crippen molar-refractivity contribution in [2.75, 3.05) is 13.7 Å². The van der Waals surface area contributed by atoms with Gasteiger partial charge in [0.1, 0.15) is 5.75 Å². The van der Waals surface area contributed by atoms with E-state index in [1.807, 2.05) is 0 Å². The van der Waals surface area contributed by atoms with Crippen molar-refractivity contribution in [3.63, 3.8) is 0 Å². The molecule has 0 aliphatic rings. The molecule has 0 saturated heterocycles. The van der Waals surface area contributed by atoms with Crippen LogP contribution in [0.25, 0.3) is 0 Å². The fourth-order valence-electron chi connectivity index (χ4n) is 1.40. The first-order chi connectivity index (χ1) is 7.40. The van der Waals surface area contributed by atoms with Gasteiger partial charge in [-0.05, 0) is 17.7 Å². The molecule has 16 heavy (non-hydrogen) atoms. The number of aliphatic hydroxyl groups excluding tert-OH is 1. The molecule has 3 nitrogen and oxygen atoms in total. The fourth-order valence-corrected chi connectivity index (χ4v) is 1.40. The van der Waals surface area contributed by atoms with E-state index in [1.54, 1.807) is 6.07 Å². The molecule has 0 heterocycles. The first-order valence-electron chi connectivity index (χ1n) is 4.82. The van der Waals surface area contributed by atoms with E-state index in [0.29, 0.717) is 5.56 Å². The lowest BCUT2D eigenvalue weighted by Gasteiger charge is -2.18. The van der Waals surface area contributed by atoms with E-state index in [2.05, 4.69) is 0 Å². The zero-order chi connectivity index (χ0) is 12.3. The Bertz CT molecular complexity index is 363. The summed E-state index contributed by atoms with van der Waals surface area (Å²) in [6.07, 6.45) is 0. The molecule has 5 heteroatoms. The first-order valence-corrected chi connectivity index (χ1v) is 4.82. The molecule has 0 amide bonds. The van der Waals surface area contributed by atoms with Gasteiger partial charge in [0.15, 0.2) is 0 Å². The van der Waals surface area contributed by atoms with Crippen LogP contribution in [-0.2, 0) is 5.92 Å². The smallest absolute Gasteiger partial charge is 0.274 e. The van der Waals surface area contributed by atoms with Crippen LogP contribution in [0.15, 0.2) is 18.2 Å². The van der Waals surface area contributed by atoms with Gasteiger partial charge >= 0.3 is 0 Å². The SMILES string of the molecule is COc1ccc(C(N)CO)cc1C(C)(F)F. The third-order valence-corrected chi connectivity index (χ3v) is 2.32. The minimum absolute atomic E-state index is 0.112. The minimum atomic E-state index is -3.00. The quantitative estimate of drug-likeness (QED) is 0.830. The minimum Gasteiger partial charge on any atom is -0.496 e. The van der Waals surface area contributed by atoms with Crippen molar-refractivity contribution in [1.82, 2.24) is 0 Å². The molecular weight excluding hydrogens is 216 g/mol. The Morgan fingerprint density at radius 3 is 2.56 bits per heavy atom. The number of hydrogen-bond acceptors (Lipinski definition) is 3. The van der Waals surface area contributed by atoms with Gasteiger partial charge in [0.2, 0.25) is 0 Å². The van der Waals surface area contributed by atoms with Crippen molar-refractivity contribution in [2.45, 2.75) is 18.9 Å². The van der Waals surface area contributed by atoms with Crippen LogP contribution in [-0.4, -0.2) is 18.8 Å². The number of aliphatic hydroxyl groups is 1. The normalized spacial score (nSPS) is 13.6. The zero-order valence-electron chi connectivity index (χ0n) is 9.21. The number of ether oxygens (including phenoxy) is 1. The molecule has 1 atom stereocenters. The summed E-state index contributed by atoms with van der Waals surface area (Å²) in [4.78, 5) is 0. The van der Waals surface area contributed by atoms with Gasteiger partial charge in [-0.1, -0.05) is 6.07 Å². The number of hydrogen-bond donors (Lipinski definition) is 2. The van der Waals surface area contributed by atoms with Crippen LogP contribution >= 0.6 is 0 Å². The molecule has 1 aromatic carbocycles. The Morgan fingerprint density at radius 1 is 1.50 bits per heavy atom. The molecule has 0 saturated carbocycles. The highest BCUT2D eigenvalue weighted by Crippen LogP contribution is 2.35. The third kappa shape index (κ3) is 2.68. The number of benzene rings is 1. The monoisotopic (exact) mass is 231 g/mol. The van der Waals surface area contributed by atoms with E-state index >= 15 is 0 Å². The molecule has 0 aliphatic carbocycles. The van der Waals surface area contributed by atoms with Gasteiger partial charge in [0, 0.05) is 6.92 Å². The van der Waals surface area contributed by atoms with Crippen LogP contribution in [0, 0.1) is 0 Å². The predicted octanol–water partition coefficient (Wildman–Crippen LogP) is 1.80. The predicted molar refractivity (Wildman–Crippen MR) is 56.6 cm³/mol. The van der Waals surface area contributed by atoms with Crippen molar-refractivity contribution < 1.29 is 18.6 Å². The van der Waals surface area contributed by atoms with E-state index in [-0.39, 0.29) is 17.9 Å². The Hall–Kier alpha value is -1.20. The summed E-state index contributed by atoms with van der Waals surface area (Å²) in [7, 11) is 1.33. The number of nitrogens with two attached hydrogens (primary N) is 1. The van der Waals surface area contributed by atoms with Crippen LogP contribution in [0.5, 0.6) is 5.75 Å². The number of methoxy groups -OCH3 is 1. The first kappa shape index (κ1) is 12.9. The van der Waals surface area contributed by atoms with Crippen LogP contribution in [0.2, 0.25) is 0 Å². The van der Waals surface area contributed by atoms with Crippen LogP contribution in [0.1, 0.15) is 24.1 Å². The highest BCUT2D eigenvalue weighted by atomic mass is 19.3. The average molecular weight is 231 g/mol. The summed E-state index contributed by atoms with van der Waals surface area (Å²) in [5, 5.41) is 8.86. The molecule has 0 spiro atoms. The third-order valence-electron chi connectivity index (χ3n) is 2.32. The summed E-state index contributed by atoms with van der Waals surface area (Å²) in [5.74, 6) is -2.89. The number of rotatable bonds is 4. The summed E-state index contributed by atoms with van der Waals surface area (Å²) < 4.78 is 31.4. The van der Waals surface area contributed by atoms with Crippen molar-refractivity contribution in [1.29, 1.82) is 0 Å². The van der Waals surface area contributed by atoms with E-state index in [1.165, 1.54) is 19.2 Å². The largest absolute Gasteiger partial charge is 0.496 e. The Kier molecular flexibility index (Phi) is 3.83. The lowest BCUT2D eigenvalue weighted by atomic mass is 10.0. The molecule has 0 bridgehead atoms. The molecule has 0 fully saturated rings. The molecule has 0 radical (unpaired) electrons. The maximum absolute atomic E-state index is 13.3. The maximum atomic E-state index is 13.3. The van der Waals surface area contributed by atoms with Gasteiger partial charge in [-0.3, -0.25) is 0 Å². The van der Waals surface area contributed by atoms with E-state index in [0.717, 1.165) is 6.92 Å². The van der Waals surface area contributed by atoms with Crippen molar-refractivity contribution >= 4 is 0 Å². The Balaban J connectivity index is 3.22. The second kappa shape index (κ2) is 4.76. The number of halogens is 2. The Labute approximate surface area is 92.8 Å². The highest BCUT2D eigenvalue weighted by molar-refractivity contribution is 5.40. The zero-order valence-corrected chi connectivity index (χ0v) is 9.21. The maximum Gasteiger partial charge on any atom is 0.274 e. The van der Waals surface area contributed by atoms with Crippen LogP contribution in [0.4, 0.5) is 8.78 Å². The molecule has 0 aromatic heterocycles. The van der Waals surface area contributed by atoms with Crippen molar-refractivity contribution in [2.24, 2.45) is 5.73 Å². The fraction of sp³-hybridized carbons (Fsp3) is 0.455. The van der Waals surface area contributed by atoms with E-state index < -0.39 is 12.0 Å². The van der Waals surface area contributed by atoms with Gasteiger partial charge in [0.25, 0.3) is 5.92 Å². The van der Waals surface area contributed by atoms with Crippen molar-refractivity contribution in [3.8, 4) is 5.75 Å². The van der Waals surface area contributed by atoms with Crippen molar-refractivity contribution in [3.05, 3.63) is 29.3 Å². The van der Waals surface area contributed by atoms with Gasteiger partial charge in [-0.25, -0.2) is 8.78 Å². The average Bonchev–Trinajstić information content (AvgIpc) is 2.26. The second-order valence-electron chi connectivity index (χ2n) is 3.64. The molecule has 1 rings (SSSR count).